The molecule has 0 amide bonds. The van der Waals surface area contributed by atoms with Crippen molar-refractivity contribution < 1.29 is 8.42 Å². The van der Waals surface area contributed by atoms with Crippen molar-refractivity contribution in [2.75, 3.05) is 19.6 Å². The zero-order chi connectivity index (χ0) is 12.1. The van der Waals surface area contributed by atoms with Crippen molar-refractivity contribution in [2.24, 2.45) is 0 Å². The predicted octanol–water partition coefficient (Wildman–Crippen LogP) is -0.0237. The Bertz CT molecular complexity index is 429. The fraction of sp³-hybridized carbons (Fsp3) is 0.700. The summed E-state index contributed by atoms with van der Waals surface area (Å²) in [5.74, 6) is 0. The van der Waals surface area contributed by atoms with Crippen LogP contribution in [0.5, 0.6) is 0 Å². The molecule has 0 unspecified atom stereocenters. The van der Waals surface area contributed by atoms with Gasteiger partial charge in [0.1, 0.15) is 0 Å². The molecule has 8 heteroatoms. The van der Waals surface area contributed by atoms with Gasteiger partial charge >= 0.3 is 0 Å². The summed E-state index contributed by atoms with van der Waals surface area (Å²) in [6.45, 7) is 2.53. The lowest BCUT2D eigenvalue weighted by Crippen LogP contribution is -2.42. The highest BCUT2D eigenvalue weighted by Gasteiger charge is 2.26. The number of rotatable bonds is 5. The van der Waals surface area contributed by atoms with Crippen LogP contribution in [-0.2, 0) is 16.6 Å². The lowest BCUT2D eigenvalue weighted by atomic mass is 10.2. The molecule has 1 saturated heterocycles. The highest BCUT2D eigenvalue weighted by Crippen LogP contribution is 2.11. The van der Waals surface area contributed by atoms with Gasteiger partial charge in [-0.05, 0) is 32.0 Å². The molecule has 1 aliphatic heterocycles. The van der Waals surface area contributed by atoms with Crippen molar-refractivity contribution >= 4 is 22.4 Å². The molecule has 0 atom stereocenters. The maximum Gasteiger partial charge on any atom is 0.214 e. The number of halogens is 1. The molecule has 0 aromatic carbocycles. The first-order chi connectivity index (χ1) is 8.18. The average Bonchev–Trinajstić information content (AvgIpc) is 2.83. The van der Waals surface area contributed by atoms with E-state index in [9.17, 15) is 8.42 Å². The van der Waals surface area contributed by atoms with Crippen LogP contribution in [0.2, 0.25) is 0 Å². The quantitative estimate of drug-likeness (QED) is 0.800. The average molecular weight is 295 g/mol. The van der Waals surface area contributed by atoms with Gasteiger partial charge in [0.25, 0.3) is 0 Å². The molecule has 18 heavy (non-hydrogen) atoms. The molecule has 2 N–H and O–H groups in total. The van der Waals surface area contributed by atoms with Crippen molar-refractivity contribution in [3.8, 4) is 0 Å². The van der Waals surface area contributed by atoms with Crippen LogP contribution in [-0.4, -0.2) is 43.1 Å². The van der Waals surface area contributed by atoms with E-state index >= 15 is 0 Å². The minimum Gasteiger partial charge on any atom is -0.317 e. The summed E-state index contributed by atoms with van der Waals surface area (Å²) in [4.78, 5) is 0. The van der Waals surface area contributed by atoms with Gasteiger partial charge in [-0.3, -0.25) is 4.68 Å². The molecule has 1 aromatic heterocycles. The number of piperidine rings is 1. The van der Waals surface area contributed by atoms with Crippen LogP contribution in [0.4, 0.5) is 0 Å². The first-order valence-electron chi connectivity index (χ1n) is 5.85. The minimum absolute atomic E-state index is 0. The van der Waals surface area contributed by atoms with Crippen LogP contribution in [0.3, 0.4) is 0 Å². The second-order valence-electron chi connectivity index (χ2n) is 4.16. The fourth-order valence-electron chi connectivity index (χ4n) is 1.96. The zero-order valence-corrected chi connectivity index (χ0v) is 11.7. The van der Waals surface area contributed by atoms with E-state index in [4.69, 9.17) is 0 Å². The summed E-state index contributed by atoms with van der Waals surface area (Å²) in [7, 11) is -3.17. The molecule has 0 bridgehead atoms. The van der Waals surface area contributed by atoms with Gasteiger partial charge in [-0.1, -0.05) is 0 Å². The summed E-state index contributed by atoms with van der Waals surface area (Å²) < 4.78 is 28.3. The van der Waals surface area contributed by atoms with Gasteiger partial charge in [-0.15, -0.1) is 12.4 Å². The summed E-state index contributed by atoms with van der Waals surface area (Å²) in [5.41, 5.74) is 0. The lowest BCUT2D eigenvalue weighted by Gasteiger charge is -2.22. The Labute approximate surface area is 114 Å². The lowest BCUT2D eigenvalue weighted by molar-refractivity contribution is 0.486. The zero-order valence-electron chi connectivity index (χ0n) is 10.1. The van der Waals surface area contributed by atoms with Gasteiger partial charge in [0.15, 0.2) is 0 Å². The summed E-state index contributed by atoms with van der Waals surface area (Å²) in [6.07, 6.45) is 4.88. The highest BCUT2D eigenvalue weighted by molar-refractivity contribution is 7.90. The predicted molar refractivity (Wildman–Crippen MR) is 72.3 cm³/mol. The van der Waals surface area contributed by atoms with E-state index in [-0.39, 0.29) is 17.7 Å². The van der Waals surface area contributed by atoms with Gasteiger partial charge < -0.3 is 5.32 Å². The van der Waals surface area contributed by atoms with E-state index in [1.165, 1.54) is 0 Å². The SMILES string of the molecule is Cl.O=S(=O)(NCCn1cccn1)C1CCNCC1. The standard InChI is InChI=1S/C10H18N4O2S.ClH/c15-17(16,10-2-5-11-6-3-10)13-7-9-14-8-1-4-12-14;/h1,4,8,10-11,13H,2-3,5-7,9H2;1H. The largest absolute Gasteiger partial charge is 0.317 e. The van der Waals surface area contributed by atoms with Crippen molar-refractivity contribution in [1.82, 2.24) is 19.8 Å². The number of nitrogens with one attached hydrogen (secondary N) is 2. The Hall–Kier alpha value is -0.630. The molecule has 2 rings (SSSR count). The molecular formula is C10H19ClN4O2S. The highest BCUT2D eigenvalue weighted by atomic mass is 35.5. The molecule has 1 aromatic rings. The fourth-order valence-corrected chi connectivity index (χ4v) is 3.43. The number of aromatic nitrogens is 2. The van der Waals surface area contributed by atoms with E-state index in [2.05, 4.69) is 15.1 Å². The van der Waals surface area contributed by atoms with Crippen molar-refractivity contribution in [1.29, 1.82) is 0 Å². The van der Waals surface area contributed by atoms with Gasteiger partial charge in [0.05, 0.1) is 11.8 Å². The topological polar surface area (TPSA) is 76.0 Å². The smallest absolute Gasteiger partial charge is 0.214 e. The molecular weight excluding hydrogens is 276 g/mol. The van der Waals surface area contributed by atoms with Crippen molar-refractivity contribution in [2.45, 2.75) is 24.6 Å². The minimum atomic E-state index is -3.17. The third-order valence-electron chi connectivity index (χ3n) is 2.93. The van der Waals surface area contributed by atoms with Crippen LogP contribution in [0.15, 0.2) is 18.5 Å². The van der Waals surface area contributed by atoms with E-state index in [0.717, 1.165) is 13.1 Å². The third kappa shape index (κ3) is 4.24. The first kappa shape index (κ1) is 15.4. The monoisotopic (exact) mass is 294 g/mol. The molecule has 104 valence electrons. The molecule has 1 fully saturated rings. The number of nitrogens with zero attached hydrogens (tertiary/aromatic N) is 2. The Morgan fingerprint density at radius 1 is 1.39 bits per heavy atom. The van der Waals surface area contributed by atoms with Crippen LogP contribution in [0.1, 0.15) is 12.8 Å². The van der Waals surface area contributed by atoms with Crippen LogP contribution >= 0.6 is 12.4 Å². The van der Waals surface area contributed by atoms with Gasteiger partial charge in [-0.25, -0.2) is 13.1 Å². The van der Waals surface area contributed by atoms with Crippen LogP contribution in [0, 0.1) is 0 Å². The third-order valence-corrected chi connectivity index (χ3v) is 4.88. The molecule has 2 heterocycles. The molecule has 1 aliphatic rings. The normalized spacial score (nSPS) is 17.3. The van der Waals surface area contributed by atoms with Crippen molar-refractivity contribution in [3.63, 3.8) is 0 Å². The number of sulfonamides is 1. The Kier molecular flexibility index (Phi) is 6.07. The van der Waals surface area contributed by atoms with E-state index in [1.807, 2.05) is 12.3 Å². The summed E-state index contributed by atoms with van der Waals surface area (Å²) in [6, 6.07) is 1.82. The molecule has 0 aliphatic carbocycles. The van der Waals surface area contributed by atoms with E-state index in [0.29, 0.717) is 25.9 Å². The Balaban J connectivity index is 0.00000162. The summed E-state index contributed by atoms with van der Waals surface area (Å²) >= 11 is 0. The maximum absolute atomic E-state index is 11.9. The van der Waals surface area contributed by atoms with Gasteiger partial charge in [-0.2, -0.15) is 5.10 Å². The molecule has 0 saturated carbocycles. The second-order valence-corrected chi connectivity index (χ2v) is 6.20. The van der Waals surface area contributed by atoms with Gasteiger partial charge in [0, 0.05) is 18.9 Å². The first-order valence-corrected chi connectivity index (χ1v) is 7.40. The maximum atomic E-state index is 11.9. The second kappa shape index (κ2) is 7.08. The van der Waals surface area contributed by atoms with Gasteiger partial charge in [0.2, 0.25) is 10.0 Å². The van der Waals surface area contributed by atoms with E-state index in [1.54, 1.807) is 10.9 Å². The summed E-state index contributed by atoms with van der Waals surface area (Å²) in [5, 5.41) is 6.93. The van der Waals surface area contributed by atoms with Crippen molar-refractivity contribution in [3.05, 3.63) is 18.5 Å². The molecule has 0 radical (unpaired) electrons. The Morgan fingerprint density at radius 3 is 2.72 bits per heavy atom. The van der Waals surface area contributed by atoms with Crippen LogP contribution in [0.25, 0.3) is 0 Å². The molecule has 6 nitrogen and oxygen atoms in total. The van der Waals surface area contributed by atoms with Crippen LogP contribution < -0.4 is 10.0 Å². The molecule has 0 spiro atoms. The Morgan fingerprint density at radius 2 is 2.11 bits per heavy atom. The number of hydrogen-bond acceptors (Lipinski definition) is 4. The van der Waals surface area contributed by atoms with E-state index < -0.39 is 10.0 Å². The number of hydrogen-bond donors (Lipinski definition) is 2.